The minimum absolute atomic E-state index is 0.00890. The van der Waals surface area contributed by atoms with Gasteiger partial charge in [0.2, 0.25) is 5.91 Å². The van der Waals surface area contributed by atoms with Gasteiger partial charge in [-0.25, -0.2) is 24.0 Å². The highest BCUT2D eigenvalue weighted by molar-refractivity contribution is 6.10. The van der Waals surface area contributed by atoms with Crippen LogP contribution in [0.3, 0.4) is 0 Å². The Kier molecular flexibility index (Phi) is 11.7. The maximum atomic E-state index is 13.4. The SMILES string of the molecule is CCc1cc2c(cc1N1CC(C)N(CC(=O)NCCCNc3cccc4c(=C=O)n(C5CCC(=C=O)NC5=C=O)c(=C=O)c34)C(C)C1)C(C)(C)c1[nH]c3cc(C#N)ccc3c1C2=C=O. The Morgan fingerprint density at radius 3 is 2.34 bits per heavy atom. The normalized spacial score (nSPS) is 19.0. The monoisotopic (exact) mass is 856 g/mol. The molecule has 3 aliphatic rings. The van der Waals surface area contributed by atoms with E-state index in [2.05, 4.69) is 89.5 Å². The summed E-state index contributed by atoms with van der Waals surface area (Å²) in [7, 11) is 0. The Morgan fingerprint density at radius 1 is 0.906 bits per heavy atom. The standard InChI is InChI=1S/C50H48N8O6/c1-6-32-18-36-37(25-60)47-34-13-11-31(20-51)17-40(34)55-49(47)50(4,5)38(36)19-43(32)56-21-29(2)57(30(3)22-56)23-46(64)53-16-8-15-52-39-10-7-9-35-44(27-62)58(45(28-63)48(35)39)42-14-12-33(24-59)54-41(42)26-61/h7,9-11,13,17-19,29-30,42,52,54-55H,6,8,12,14-16,21-23H2,1-5H3,(H,53,64). The molecule has 5 aromatic rings. The minimum Gasteiger partial charge on any atom is -0.384 e. The van der Waals surface area contributed by atoms with Gasteiger partial charge in [0.15, 0.2) is 11.9 Å². The van der Waals surface area contributed by atoms with Gasteiger partial charge in [-0.1, -0.05) is 39.0 Å². The van der Waals surface area contributed by atoms with Crippen LogP contribution in [0.15, 0.2) is 59.9 Å². The molecule has 4 N–H and O–H groups in total. The molecule has 0 saturated carbocycles. The van der Waals surface area contributed by atoms with Crippen LogP contribution in [-0.4, -0.2) is 94.9 Å². The lowest BCUT2D eigenvalue weighted by atomic mass is 9.69. The van der Waals surface area contributed by atoms with Crippen molar-refractivity contribution in [3.63, 3.8) is 0 Å². The molecule has 3 unspecified atom stereocenters. The number of nitrogens with one attached hydrogen (secondary N) is 4. The highest BCUT2D eigenvalue weighted by Crippen LogP contribution is 2.50. The van der Waals surface area contributed by atoms with Crippen LogP contribution in [0, 0.1) is 11.3 Å². The van der Waals surface area contributed by atoms with Crippen molar-refractivity contribution in [2.45, 2.75) is 83.8 Å². The predicted octanol–water partition coefficient (Wildman–Crippen LogP) is 3.34. The molecule has 2 aliphatic heterocycles. The number of benzene rings is 3. The van der Waals surface area contributed by atoms with Crippen molar-refractivity contribution >= 4 is 74.2 Å². The number of carbonyl (C=O) groups is 1. The Labute approximate surface area is 369 Å². The van der Waals surface area contributed by atoms with E-state index in [1.807, 2.05) is 24.0 Å². The van der Waals surface area contributed by atoms with Gasteiger partial charge in [-0.3, -0.25) is 9.69 Å². The highest BCUT2D eigenvalue weighted by Gasteiger charge is 2.40. The third-order valence-corrected chi connectivity index (χ3v) is 13.3. The summed E-state index contributed by atoms with van der Waals surface area (Å²) in [6.07, 6.45) is 1.85. The maximum absolute atomic E-state index is 13.4. The zero-order chi connectivity index (χ0) is 45.4. The molecule has 0 spiro atoms. The van der Waals surface area contributed by atoms with E-state index in [1.165, 1.54) is 4.57 Å². The van der Waals surface area contributed by atoms with Crippen molar-refractivity contribution < 1.29 is 28.8 Å². The average Bonchev–Trinajstić information content (AvgIpc) is 3.86. The summed E-state index contributed by atoms with van der Waals surface area (Å²) < 4.78 is 1.43. The van der Waals surface area contributed by atoms with Gasteiger partial charge in [0, 0.05) is 94.4 Å². The number of hydrogen-bond donors (Lipinski definition) is 4. The van der Waals surface area contributed by atoms with Crippen molar-refractivity contribution in [2.24, 2.45) is 0 Å². The summed E-state index contributed by atoms with van der Waals surface area (Å²) in [6, 6.07) is 16.7. The van der Waals surface area contributed by atoms with E-state index in [0.29, 0.717) is 60.2 Å². The fraction of sp³-hybridized carbons (Fsp3) is 0.360. The van der Waals surface area contributed by atoms with Gasteiger partial charge in [-0.15, -0.1) is 0 Å². The van der Waals surface area contributed by atoms with E-state index in [0.717, 1.165) is 51.0 Å². The fourth-order valence-electron chi connectivity index (χ4n) is 10.1. The van der Waals surface area contributed by atoms with Crippen LogP contribution >= 0.6 is 0 Å². The molecule has 1 amide bonds. The lowest BCUT2D eigenvalue weighted by Gasteiger charge is -2.46. The molecular formula is C50H48N8O6. The van der Waals surface area contributed by atoms with Crippen LogP contribution in [0.1, 0.15) is 93.4 Å². The van der Waals surface area contributed by atoms with Crippen LogP contribution < -0.4 is 31.5 Å². The number of carbonyl (C=O) groups excluding carboxylic acids is 6. The average molecular weight is 857 g/mol. The zero-order valence-electron chi connectivity index (χ0n) is 36.5. The van der Waals surface area contributed by atoms with Gasteiger partial charge in [-0.2, -0.15) is 5.26 Å². The number of aromatic amines is 1. The summed E-state index contributed by atoms with van der Waals surface area (Å²) in [5, 5.41) is 20.6. The Morgan fingerprint density at radius 2 is 1.67 bits per heavy atom. The number of hydrogen-bond acceptors (Lipinski definition) is 11. The van der Waals surface area contributed by atoms with Gasteiger partial charge in [0.1, 0.15) is 39.9 Å². The highest BCUT2D eigenvalue weighted by atomic mass is 16.2. The topological polar surface area (TPSA) is 189 Å². The van der Waals surface area contributed by atoms with Gasteiger partial charge < -0.3 is 30.4 Å². The van der Waals surface area contributed by atoms with Crippen LogP contribution in [0.25, 0.3) is 27.2 Å². The number of anilines is 2. The number of amides is 1. The summed E-state index contributed by atoms with van der Waals surface area (Å²) in [5.41, 5.74) is 8.11. The van der Waals surface area contributed by atoms with Gasteiger partial charge in [0.25, 0.3) is 0 Å². The van der Waals surface area contributed by atoms with E-state index in [4.69, 9.17) is 0 Å². The molecule has 2 aromatic heterocycles. The fourth-order valence-corrected chi connectivity index (χ4v) is 10.1. The van der Waals surface area contributed by atoms with Gasteiger partial charge >= 0.3 is 0 Å². The number of rotatable bonds is 10. The smallest absolute Gasteiger partial charge is 0.234 e. The van der Waals surface area contributed by atoms with Crippen LogP contribution in [0.5, 0.6) is 0 Å². The van der Waals surface area contributed by atoms with E-state index in [-0.39, 0.29) is 59.5 Å². The summed E-state index contributed by atoms with van der Waals surface area (Å²) in [5.74, 6) is 9.66. The maximum Gasteiger partial charge on any atom is 0.234 e. The van der Waals surface area contributed by atoms with E-state index < -0.39 is 11.5 Å². The molecular weight excluding hydrogens is 809 g/mol. The van der Waals surface area contributed by atoms with Crippen molar-refractivity contribution in [1.29, 1.82) is 5.26 Å². The number of allylic oxidation sites excluding steroid dienone is 2. The first-order chi connectivity index (χ1) is 30.9. The van der Waals surface area contributed by atoms with E-state index in [1.54, 1.807) is 36.1 Å². The molecule has 3 aromatic carbocycles. The second kappa shape index (κ2) is 17.4. The molecule has 4 heterocycles. The van der Waals surface area contributed by atoms with Crippen LogP contribution in [0.4, 0.5) is 11.4 Å². The van der Waals surface area contributed by atoms with Crippen molar-refractivity contribution in [2.75, 3.05) is 42.9 Å². The molecule has 1 aliphatic carbocycles. The third kappa shape index (κ3) is 7.29. The Hall–Kier alpha value is -7.43. The number of piperidine rings is 1. The van der Waals surface area contributed by atoms with Gasteiger partial charge in [-0.05, 0) is 80.1 Å². The molecule has 3 atom stereocenters. The predicted molar refractivity (Wildman–Crippen MR) is 244 cm³/mol. The third-order valence-electron chi connectivity index (χ3n) is 13.3. The molecule has 2 saturated heterocycles. The summed E-state index contributed by atoms with van der Waals surface area (Å²) in [4.78, 5) is 82.2. The van der Waals surface area contributed by atoms with Crippen molar-refractivity contribution in [3.05, 3.63) is 104 Å². The number of aromatic nitrogens is 2. The molecule has 2 fully saturated rings. The Bertz CT molecular complexity index is 3130. The molecule has 64 heavy (non-hydrogen) atoms. The first kappa shape index (κ1) is 43.2. The molecule has 14 nitrogen and oxygen atoms in total. The number of fused-ring (bicyclic) bond motifs is 5. The number of nitrogens with zero attached hydrogens (tertiary/aromatic N) is 4. The quantitative estimate of drug-likeness (QED) is 0.119. The van der Waals surface area contributed by atoms with Gasteiger partial charge in [0.05, 0.1) is 29.8 Å². The zero-order valence-corrected chi connectivity index (χ0v) is 36.5. The minimum atomic E-state index is -0.760. The second-order valence-electron chi connectivity index (χ2n) is 17.4. The summed E-state index contributed by atoms with van der Waals surface area (Å²) in [6.45, 7) is 13.2. The second-order valence-corrected chi connectivity index (χ2v) is 17.4. The summed E-state index contributed by atoms with van der Waals surface area (Å²) >= 11 is 0. The number of piperazine rings is 1. The molecule has 0 bridgehead atoms. The number of aryl methyl sites for hydroxylation is 1. The van der Waals surface area contributed by atoms with E-state index in [9.17, 15) is 34.0 Å². The molecule has 14 heteroatoms. The molecule has 324 valence electrons. The molecule has 8 rings (SSSR count). The van der Waals surface area contributed by atoms with Crippen molar-refractivity contribution in [3.8, 4) is 6.07 Å². The lowest BCUT2D eigenvalue weighted by molar-refractivity contribution is -0.123. The Balaban J connectivity index is 0.921. The molecule has 0 radical (unpaired) electrons. The first-order valence-corrected chi connectivity index (χ1v) is 21.6. The first-order valence-electron chi connectivity index (χ1n) is 21.6. The largest absolute Gasteiger partial charge is 0.384 e. The van der Waals surface area contributed by atoms with E-state index >= 15 is 0 Å². The number of nitriles is 1. The number of H-pyrrole nitrogens is 1. The van der Waals surface area contributed by atoms with Crippen LogP contribution in [0.2, 0.25) is 0 Å². The van der Waals surface area contributed by atoms with Crippen molar-refractivity contribution in [1.82, 2.24) is 25.1 Å². The van der Waals surface area contributed by atoms with Crippen LogP contribution in [-0.2, 0) is 40.6 Å². The lowest BCUT2D eigenvalue weighted by Crippen LogP contribution is -2.59.